The highest BCUT2D eigenvalue weighted by atomic mass is 16.5. The summed E-state index contributed by atoms with van der Waals surface area (Å²) in [5.74, 6) is 1.11. The molecule has 0 unspecified atom stereocenters. The predicted molar refractivity (Wildman–Crippen MR) is 114 cm³/mol. The Morgan fingerprint density at radius 1 is 1.21 bits per heavy atom. The number of allylic oxidation sites excluding steroid dienone is 3. The second kappa shape index (κ2) is 12.7. The molecule has 0 fully saturated rings. The lowest BCUT2D eigenvalue weighted by atomic mass is 10.2. The van der Waals surface area contributed by atoms with E-state index < -0.39 is 0 Å². The van der Waals surface area contributed by atoms with Crippen LogP contribution in [0, 0.1) is 5.41 Å². The van der Waals surface area contributed by atoms with Gasteiger partial charge in [-0.3, -0.25) is 4.79 Å². The zero-order valence-electron chi connectivity index (χ0n) is 17.7. The molecular formula is C22H33N3O3. The number of nitrogens with one attached hydrogen (secondary N) is 1. The summed E-state index contributed by atoms with van der Waals surface area (Å²) in [6.45, 7) is 8.73. The average Bonchev–Trinajstić information content (AvgIpc) is 2.67. The Balaban J connectivity index is 2.74. The van der Waals surface area contributed by atoms with E-state index in [0.717, 1.165) is 30.1 Å². The van der Waals surface area contributed by atoms with Gasteiger partial charge in [-0.25, -0.2) is 0 Å². The highest BCUT2D eigenvalue weighted by molar-refractivity contribution is 5.93. The first-order chi connectivity index (χ1) is 13.4. The summed E-state index contributed by atoms with van der Waals surface area (Å²) in [6.07, 6.45) is 4.13. The molecule has 1 N–H and O–H groups in total. The summed E-state index contributed by atoms with van der Waals surface area (Å²) in [6, 6.07) is 8.00. The zero-order chi connectivity index (χ0) is 20.9. The van der Waals surface area contributed by atoms with Gasteiger partial charge in [0.2, 0.25) is 0 Å². The van der Waals surface area contributed by atoms with Gasteiger partial charge in [-0.1, -0.05) is 18.2 Å². The minimum Gasteiger partial charge on any atom is -0.492 e. The van der Waals surface area contributed by atoms with Gasteiger partial charge in [-0.15, -0.1) is 0 Å². The third-order valence-corrected chi connectivity index (χ3v) is 4.17. The van der Waals surface area contributed by atoms with E-state index in [2.05, 4.69) is 9.80 Å². The molecule has 0 aliphatic heterocycles. The fraction of sp³-hybridized carbons (Fsp3) is 0.455. The molecule has 6 nitrogen and oxygen atoms in total. The van der Waals surface area contributed by atoms with Gasteiger partial charge in [0.1, 0.15) is 19.0 Å². The molecule has 28 heavy (non-hydrogen) atoms. The smallest absolute Gasteiger partial charge is 0.186 e. The van der Waals surface area contributed by atoms with Gasteiger partial charge in [0.15, 0.2) is 12.0 Å². The molecular weight excluding hydrogens is 354 g/mol. The second-order valence-electron chi connectivity index (χ2n) is 6.69. The Morgan fingerprint density at radius 3 is 2.43 bits per heavy atom. The Labute approximate surface area is 168 Å². The second-order valence-corrected chi connectivity index (χ2v) is 6.69. The van der Waals surface area contributed by atoms with E-state index in [0.29, 0.717) is 25.1 Å². The van der Waals surface area contributed by atoms with Crippen LogP contribution in [0.2, 0.25) is 0 Å². The minimum atomic E-state index is 0.0757. The molecule has 1 rings (SSSR count). The van der Waals surface area contributed by atoms with Crippen molar-refractivity contribution in [2.45, 2.75) is 27.3 Å². The number of rotatable bonds is 13. The summed E-state index contributed by atoms with van der Waals surface area (Å²) in [7, 11) is 4.03. The molecule has 1 aromatic rings. The summed E-state index contributed by atoms with van der Waals surface area (Å²) in [5, 5.41) is 7.74. The van der Waals surface area contributed by atoms with Gasteiger partial charge in [-0.2, -0.15) is 0 Å². The zero-order valence-corrected chi connectivity index (χ0v) is 17.7. The van der Waals surface area contributed by atoms with Gasteiger partial charge < -0.3 is 24.7 Å². The van der Waals surface area contributed by atoms with Crippen molar-refractivity contribution in [1.82, 2.24) is 9.80 Å². The molecule has 0 heterocycles. The Hall–Kier alpha value is -2.60. The number of hydrogen-bond acceptors (Lipinski definition) is 6. The highest BCUT2D eigenvalue weighted by Gasteiger charge is 2.12. The maximum atomic E-state index is 11.5. The molecule has 1 aromatic carbocycles. The number of aldehydes is 1. The summed E-state index contributed by atoms with van der Waals surface area (Å²) >= 11 is 0. The van der Waals surface area contributed by atoms with Crippen LogP contribution in [0.5, 0.6) is 5.75 Å². The molecule has 0 spiro atoms. The standard InChI is InChI=1S/C22H33N3O3/c1-6-8-20(23)17-28-22(16-26)18(3)25(7-2)15-19-9-11-21(12-10-19)27-14-13-24(4)5/h6,8-12,16,23H,7,13-15,17H2,1-5H3/b8-6-,22-18-,23-20?. The van der Waals surface area contributed by atoms with Crippen LogP contribution < -0.4 is 4.74 Å². The number of ether oxygens (including phenoxy) is 2. The number of carbonyl (C=O) groups excluding carboxylic acids is 1. The molecule has 6 heteroatoms. The monoisotopic (exact) mass is 387 g/mol. The van der Waals surface area contributed by atoms with Crippen LogP contribution in [0.25, 0.3) is 0 Å². The predicted octanol–water partition coefficient (Wildman–Crippen LogP) is 3.49. The molecule has 0 bridgehead atoms. The van der Waals surface area contributed by atoms with E-state index in [9.17, 15) is 4.79 Å². The fourth-order valence-electron chi connectivity index (χ4n) is 2.51. The van der Waals surface area contributed by atoms with Crippen LogP contribution in [-0.4, -0.2) is 62.2 Å². The van der Waals surface area contributed by atoms with Crippen LogP contribution in [-0.2, 0) is 16.1 Å². The fourth-order valence-corrected chi connectivity index (χ4v) is 2.51. The highest BCUT2D eigenvalue weighted by Crippen LogP contribution is 2.17. The van der Waals surface area contributed by atoms with Crippen LogP contribution >= 0.6 is 0 Å². The molecule has 0 aliphatic rings. The Bertz CT molecular complexity index is 679. The molecule has 0 atom stereocenters. The first kappa shape index (κ1) is 23.4. The van der Waals surface area contributed by atoms with Gasteiger partial charge in [0, 0.05) is 19.6 Å². The first-order valence-corrected chi connectivity index (χ1v) is 9.51. The normalized spacial score (nSPS) is 12.1. The molecule has 0 saturated carbocycles. The summed E-state index contributed by atoms with van der Waals surface area (Å²) in [4.78, 5) is 15.6. The maximum absolute atomic E-state index is 11.5. The Morgan fingerprint density at radius 2 is 1.89 bits per heavy atom. The van der Waals surface area contributed by atoms with Crippen LogP contribution in [0.15, 0.2) is 47.9 Å². The van der Waals surface area contributed by atoms with Crippen molar-refractivity contribution in [1.29, 1.82) is 5.41 Å². The number of carbonyl (C=O) groups is 1. The number of benzene rings is 1. The van der Waals surface area contributed by atoms with Gasteiger partial charge in [0.05, 0.1) is 11.4 Å². The van der Waals surface area contributed by atoms with Crippen molar-refractivity contribution in [3.63, 3.8) is 0 Å². The first-order valence-electron chi connectivity index (χ1n) is 9.51. The van der Waals surface area contributed by atoms with Crippen molar-refractivity contribution in [2.75, 3.05) is 40.4 Å². The number of hydrogen-bond donors (Lipinski definition) is 1. The number of nitrogens with zero attached hydrogens (tertiary/aromatic N) is 2. The molecule has 0 aromatic heterocycles. The third kappa shape index (κ3) is 8.39. The quantitative estimate of drug-likeness (QED) is 0.243. The largest absolute Gasteiger partial charge is 0.492 e. The van der Waals surface area contributed by atoms with Crippen LogP contribution in [0.4, 0.5) is 0 Å². The Kier molecular flexibility index (Phi) is 10.7. The molecule has 0 radical (unpaired) electrons. The lowest BCUT2D eigenvalue weighted by Gasteiger charge is -2.25. The maximum Gasteiger partial charge on any atom is 0.186 e. The summed E-state index contributed by atoms with van der Waals surface area (Å²) in [5.41, 5.74) is 2.20. The van der Waals surface area contributed by atoms with Gasteiger partial charge >= 0.3 is 0 Å². The van der Waals surface area contributed by atoms with Crippen LogP contribution in [0.3, 0.4) is 0 Å². The van der Waals surface area contributed by atoms with Crippen molar-refractivity contribution in [3.8, 4) is 5.75 Å². The van der Waals surface area contributed by atoms with Crippen molar-refractivity contribution in [2.24, 2.45) is 0 Å². The van der Waals surface area contributed by atoms with Crippen molar-refractivity contribution >= 4 is 12.0 Å². The number of likely N-dealkylation sites (N-methyl/N-ethyl adjacent to an activating group) is 1. The van der Waals surface area contributed by atoms with Crippen molar-refractivity contribution < 1.29 is 14.3 Å². The van der Waals surface area contributed by atoms with E-state index in [1.165, 1.54) is 0 Å². The third-order valence-electron chi connectivity index (χ3n) is 4.17. The van der Waals surface area contributed by atoms with Gasteiger partial charge in [-0.05, 0) is 58.6 Å². The van der Waals surface area contributed by atoms with E-state index in [1.54, 1.807) is 12.2 Å². The minimum absolute atomic E-state index is 0.0757. The molecule has 154 valence electrons. The lowest BCUT2D eigenvalue weighted by Crippen LogP contribution is -2.23. The van der Waals surface area contributed by atoms with E-state index in [1.807, 2.05) is 59.1 Å². The van der Waals surface area contributed by atoms with E-state index >= 15 is 0 Å². The molecule has 0 aliphatic carbocycles. The lowest BCUT2D eigenvalue weighted by molar-refractivity contribution is -0.107. The SMILES string of the molecule is C/C=C\C(=N)CO/C(C=O)=C(/C)N(CC)Cc1ccc(OCCN(C)C)cc1. The molecule has 0 saturated heterocycles. The van der Waals surface area contributed by atoms with E-state index in [4.69, 9.17) is 14.9 Å². The molecule has 0 amide bonds. The summed E-state index contributed by atoms with van der Waals surface area (Å²) < 4.78 is 11.3. The topological polar surface area (TPSA) is 65.9 Å². The average molecular weight is 388 g/mol. The van der Waals surface area contributed by atoms with Crippen LogP contribution in [0.1, 0.15) is 26.3 Å². The van der Waals surface area contributed by atoms with Crippen molar-refractivity contribution in [3.05, 3.63) is 53.4 Å². The van der Waals surface area contributed by atoms with Gasteiger partial charge in [0.25, 0.3) is 0 Å². The van der Waals surface area contributed by atoms with E-state index in [-0.39, 0.29) is 12.4 Å².